The van der Waals surface area contributed by atoms with Crippen molar-refractivity contribution >= 4 is 33.2 Å². The molecule has 0 saturated heterocycles. The molecule has 0 radical (unpaired) electrons. The first-order valence-electron chi connectivity index (χ1n) is 8.84. The fraction of sp³-hybridized carbons (Fsp3) is 0.300. The molecule has 27 heavy (non-hydrogen) atoms. The minimum atomic E-state index is -0.872. The summed E-state index contributed by atoms with van der Waals surface area (Å²) in [5.41, 5.74) is 8.76. The first kappa shape index (κ1) is 19.3. The van der Waals surface area contributed by atoms with Crippen LogP contribution in [0.15, 0.2) is 36.4 Å². The molecule has 1 heterocycles. The second-order valence-electron chi connectivity index (χ2n) is 6.48. The van der Waals surface area contributed by atoms with Crippen molar-refractivity contribution < 1.29 is 14.3 Å². The highest BCUT2D eigenvalue weighted by Gasteiger charge is 2.18. The van der Waals surface area contributed by atoms with Crippen LogP contribution in [0.5, 0.6) is 0 Å². The monoisotopic (exact) mass is 387 g/mol. The summed E-state index contributed by atoms with van der Waals surface area (Å²) >= 11 is 1.50. The van der Waals surface area contributed by atoms with Crippen molar-refractivity contribution in [2.45, 2.75) is 32.2 Å². The van der Waals surface area contributed by atoms with Crippen molar-refractivity contribution in [3.8, 4) is 10.6 Å². The standard InChI is InChI=1S/C20H22FN3O2S/c1-12-10-13(19-24-17-11-14(21)6-8-18(17)27-19)5-7-15(12)23-16(20(25)26)4-2-3-9-22/h5-8,10-11,16,23H,2-4,9,22H2,1H3,(H,25,26). The number of aliphatic carboxylic acids is 1. The molecule has 0 spiro atoms. The van der Waals surface area contributed by atoms with E-state index in [4.69, 9.17) is 5.73 Å². The summed E-state index contributed by atoms with van der Waals surface area (Å²) in [7, 11) is 0. The molecule has 7 heteroatoms. The zero-order valence-electron chi connectivity index (χ0n) is 15.0. The Morgan fingerprint density at radius 1 is 1.30 bits per heavy atom. The van der Waals surface area contributed by atoms with Gasteiger partial charge in [-0.25, -0.2) is 14.2 Å². The van der Waals surface area contributed by atoms with Crippen LogP contribution in [0.3, 0.4) is 0 Å². The van der Waals surface area contributed by atoms with Crippen LogP contribution in [0.1, 0.15) is 24.8 Å². The lowest BCUT2D eigenvalue weighted by Crippen LogP contribution is -2.29. The lowest BCUT2D eigenvalue weighted by molar-refractivity contribution is -0.138. The third-order valence-electron chi connectivity index (χ3n) is 4.40. The molecule has 2 aromatic carbocycles. The topological polar surface area (TPSA) is 88.2 Å². The fourth-order valence-electron chi connectivity index (χ4n) is 2.92. The number of carboxylic acids is 1. The number of aryl methyl sites for hydroxylation is 1. The average Bonchev–Trinajstić information content (AvgIpc) is 3.05. The number of hydrogen-bond acceptors (Lipinski definition) is 5. The molecule has 0 aliphatic heterocycles. The van der Waals surface area contributed by atoms with Gasteiger partial charge < -0.3 is 16.2 Å². The third-order valence-corrected chi connectivity index (χ3v) is 5.48. The van der Waals surface area contributed by atoms with Crippen LogP contribution in [0.2, 0.25) is 0 Å². The second-order valence-corrected chi connectivity index (χ2v) is 7.51. The van der Waals surface area contributed by atoms with E-state index >= 15 is 0 Å². The maximum atomic E-state index is 13.4. The Morgan fingerprint density at radius 2 is 2.11 bits per heavy atom. The summed E-state index contributed by atoms with van der Waals surface area (Å²) in [6.07, 6.45) is 2.10. The van der Waals surface area contributed by atoms with E-state index in [1.165, 1.54) is 23.5 Å². The van der Waals surface area contributed by atoms with Gasteiger partial charge in [0, 0.05) is 17.3 Å². The van der Waals surface area contributed by atoms with Crippen LogP contribution in [0.4, 0.5) is 10.1 Å². The number of benzene rings is 2. The molecule has 0 saturated carbocycles. The van der Waals surface area contributed by atoms with E-state index in [1.807, 2.05) is 25.1 Å². The van der Waals surface area contributed by atoms with E-state index in [1.54, 1.807) is 6.07 Å². The van der Waals surface area contributed by atoms with Gasteiger partial charge in [-0.05, 0) is 68.6 Å². The maximum Gasteiger partial charge on any atom is 0.326 e. The number of fused-ring (bicyclic) bond motifs is 1. The van der Waals surface area contributed by atoms with Crippen molar-refractivity contribution in [1.29, 1.82) is 0 Å². The quantitative estimate of drug-likeness (QED) is 0.499. The van der Waals surface area contributed by atoms with Gasteiger partial charge in [-0.1, -0.05) is 0 Å². The molecule has 0 aliphatic carbocycles. The number of carboxylic acid groups (broad SMARTS) is 1. The number of anilines is 1. The molecule has 4 N–H and O–H groups in total. The molecule has 1 unspecified atom stereocenters. The van der Waals surface area contributed by atoms with Gasteiger partial charge in [0.2, 0.25) is 0 Å². The predicted octanol–water partition coefficient (Wildman–Crippen LogP) is 4.40. The van der Waals surface area contributed by atoms with Crippen LogP contribution in [0.25, 0.3) is 20.8 Å². The SMILES string of the molecule is Cc1cc(-c2nc3cc(F)ccc3s2)ccc1NC(CCCCN)C(=O)O. The molecule has 1 atom stereocenters. The number of halogens is 1. The summed E-state index contributed by atoms with van der Waals surface area (Å²) < 4.78 is 14.3. The van der Waals surface area contributed by atoms with Crippen LogP contribution < -0.4 is 11.1 Å². The Balaban J connectivity index is 1.80. The van der Waals surface area contributed by atoms with Gasteiger partial charge in [0.1, 0.15) is 16.9 Å². The maximum absolute atomic E-state index is 13.4. The van der Waals surface area contributed by atoms with Crippen molar-refractivity contribution in [1.82, 2.24) is 4.98 Å². The number of aromatic nitrogens is 1. The lowest BCUT2D eigenvalue weighted by atomic mass is 10.1. The number of rotatable bonds is 8. The number of carbonyl (C=O) groups is 1. The summed E-state index contributed by atoms with van der Waals surface area (Å²) in [6.45, 7) is 2.49. The van der Waals surface area contributed by atoms with Gasteiger partial charge >= 0.3 is 5.97 Å². The van der Waals surface area contributed by atoms with E-state index < -0.39 is 12.0 Å². The fourth-order valence-corrected chi connectivity index (χ4v) is 3.86. The molecule has 0 amide bonds. The highest BCUT2D eigenvalue weighted by molar-refractivity contribution is 7.21. The predicted molar refractivity (Wildman–Crippen MR) is 108 cm³/mol. The number of hydrogen-bond donors (Lipinski definition) is 3. The molecular formula is C20H22FN3O2S. The van der Waals surface area contributed by atoms with Crippen molar-refractivity contribution in [3.63, 3.8) is 0 Å². The van der Waals surface area contributed by atoms with E-state index in [0.717, 1.165) is 39.4 Å². The molecule has 0 aliphatic rings. The van der Waals surface area contributed by atoms with Crippen LogP contribution in [0, 0.1) is 12.7 Å². The molecule has 3 aromatic rings. The zero-order chi connectivity index (χ0) is 19.4. The van der Waals surface area contributed by atoms with Gasteiger partial charge in [0.25, 0.3) is 0 Å². The van der Waals surface area contributed by atoms with Crippen molar-refractivity contribution in [2.24, 2.45) is 5.73 Å². The molecule has 1 aromatic heterocycles. The minimum absolute atomic E-state index is 0.301. The lowest BCUT2D eigenvalue weighted by Gasteiger charge is -2.17. The zero-order valence-corrected chi connectivity index (χ0v) is 15.9. The van der Waals surface area contributed by atoms with E-state index in [0.29, 0.717) is 18.5 Å². The van der Waals surface area contributed by atoms with E-state index in [2.05, 4.69) is 10.3 Å². The smallest absolute Gasteiger partial charge is 0.326 e. The van der Waals surface area contributed by atoms with Crippen LogP contribution in [-0.4, -0.2) is 28.6 Å². The molecule has 142 valence electrons. The van der Waals surface area contributed by atoms with Crippen molar-refractivity contribution in [2.75, 3.05) is 11.9 Å². The Bertz CT molecular complexity index is 958. The first-order valence-corrected chi connectivity index (χ1v) is 9.66. The molecule has 3 rings (SSSR count). The molecule has 0 bridgehead atoms. The number of thiazole rings is 1. The summed E-state index contributed by atoms with van der Waals surface area (Å²) in [5, 5.41) is 13.3. The van der Waals surface area contributed by atoms with Gasteiger partial charge in [0.15, 0.2) is 0 Å². The molecular weight excluding hydrogens is 365 g/mol. The highest BCUT2D eigenvalue weighted by Crippen LogP contribution is 2.32. The van der Waals surface area contributed by atoms with E-state index in [-0.39, 0.29) is 5.82 Å². The number of unbranched alkanes of at least 4 members (excludes halogenated alkanes) is 1. The molecule has 5 nitrogen and oxygen atoms in total. The third kappa shape index (κ3) is 4.61. The first-order chi connectivity index (χ1) is 13.0. The summed E-state index contributed by atoms with van der Waals surface area (Å²) in [6, 6.07) is 9.68. The Morgan fingerprint density at radius 3 is 2.81 bits per heavy atom. The number of nitrogens with zero attached hydrogens (tertiary/aromatic N) is 1. The molecule has 0 fully saturated rings. The Labute approximate surface area is 161 Å². The van der Waals surface area contributed by atoms with Crippen molar-refractivity contribution in [3.05, 3.63) is 47.8 Å². The van der Waals surface area contributed by atoms with Gasteiger partial charge in [0.05, 0.1) is 10.2 Å². The summed E-state index contributed by atoms with van der Waals surface area (Å²) in [5.74, 6) is -1.17. The number of nitrogens with one attached hydrogen (secondary N) is 1. The number of nitrogens with two attached hydrogens (primary N) is 1. The van der Waals surface area contributed by atoms with Gasteiger partial charge in [-0.2, -0.15) is 0 Å². The Kier molecular flexibility index (Phi) is 6.03. The van der Waals surface area contributed by atoms with Crippen LogP contribution >= 0.6 is 11.3 Å². The second kappa shape index (κ2) is 8.45. The normalized spacial score (nSPS) is 12.3. The summed E-state index contributed by atoms with van der Waals surface area (Å²) in [4.78, 5) is 16.0. The average molecular weight is 387 g/mol. The van der Waals surface area contributed by atoms with E-state index in [9.17, 15) is 14.3 Å². The Hall–Kier alpha value is -2.51. The van der Waals surface area contributed by atoms with Gasteiger partial charge in [-0.3, -0.25) is 0 Å². The van der Waals surface area contributed by atoms with Gasteiger partial charge in [-0.15, -0.1) is 11.3 Å². The minimum Gasteiger partial charge on any atom is -0.480 e. The largest absolute Gasteiger partial charge is 0.480 e. The van der Waals surface area contributed by atoms with Crippen LogP contribution in [-0.2, 0) is 4.79 Å². The highest BCUT2D eigenvalue weighted by atomic mass is 32.1.